The number of aromatic nitrogens is 1. The number of rotatable bonds is 2. The molecule has 136 valence electrons. The lowest BCUT2D eigenvalue weighted by molar-refractivity contribution is 0.0694. The average Bonchev–Trinajstić information content (AvgIpc) is 3.08. The van der Waals surface area contributed by atoms with E-state index in [1.807, 2.05) is 4.90 Å². The van der Waals surface area contributed by atoms with Crippen LogP contribution in [0.3, 0.4) is 0 Å². The Kier molecular flexibility index (Phi) is 2.86. The fourth-order valence-electron chi connectivity index (χ4n) is 4.41. The minimum Gasteiger partial charge on any atom is -0.487 e. The minimum atomic E-state index is -1.32. The van der Waals surface area contributed by atoms with Gasteiger partial charge in [-0.2, -0.15) is 0 Å². The van der Waals surface area contributed by atoms with Gasteiger partial charge in [-0.3, -0.25) is 9.36 Å². The molecule has 0 bridgehead atoms. The Labute approximate surface area is 147 Å². The van der Waals surface area contributed by atoms with Gasteiger partial charge in [0.15, 0.2) is 11.6 Å². The summed E-state index contributed by atoms with van der Waals surface area (Å²) in [7, 11) is 0. The van der Waals surface area contributed by atoms with Crippen molar-refractivity contribution in [2.24, 2.45) is 11.7 Å². The molecule has 1 saturated heterocycles. The van der Waals surface area contributed by atoms with E-state index in [0.717, 1.165) is 6.42 Å². The van der Waals surface area contributed by atoms with E-state index in [9.17, 15) is 19.1 Å². The number of carboxylic acids is 1. The summed E-state index contributed by atoms with van der Waals surface area (Å²) < 4.78 is 22.2. The van der Waals surface area contributed by atoms with Gasteiger partial charge in [-0.15, -0.1) is 0 Å². The van der Waals surface area contributed by atoms with Crippen LogP contribution in [0.25, 0.3) is 10.9 Å². The SMILES string of the molecule is C[C@H]1COc2c(N3CC4CC4(N)C3)c(F)cc3cc(C(=O)O)c(=O)n1c23. The summed E-state index contributed by atoms with van der Waals surface area (Å²) in [6.45, 7) is 3.15. The number of fused-ring (bicyclic) bond motifs is 1. The van der Waals surface area contributed by atoms with Crippen molar-refractivity contribution in [2.75, 3.05) is 24.6 Å². The summed E-state index contributed by atoms with van der Waals surface area (Å²) >= 11 is 0. The van der Waals surface area contributed by atoms with E-state index in [0.29, 0.717) is 41.3 Å². The highest BCUT2D eigenvalue weighted by Crippen LogP contribution is 2.51. The van der Waals surface area contributed by atoms with E-state index in [1.54, 1.807) is 6.92 Å². The maximum Gasteiger partial charge on any atom is 0.341 e. The summed E-state index contributed by atoms with van der Waals surface area (Å²) in [5.41, 5.74) is 5.79. The molecular weight excluding hydrogens is 341 g/mol. The van der Waals surface area contributed by atoms with Gasteiger partial charge >= 0.3 is 5.97 Å². The van der Waals surface area contributed by atoms with Gasteiger partial charge in [-0.05, 0) is 31.4 Å². The second-order valence-electron chi connectivity index (χ2n) is 7.69. The second-order valence-corrected chi connectivity index (χ2v) is 7.69. The highest BCUT2D eigenvalue weighted by molar-refractivity contribution is 5.97. The molecule has 7 nitrogen and oxygen atoms in total. The Bertz CT molecular complexity index is 1050. The van der Waals surface area contributed by atoms with Gasteiger partial charge in [0, 0.05) is 24.0 Å². The first-order chi connectivity index (χ1) is 12.3. The van der Waals surface area contributed by atoms with Gasteiger partial charge in [0.05, 0.1) is 11.6 Å². The molecule has 1 aromatic carbocycles. The number of hydrogen-bond donors (Lipinski definition) is 2. The molecular formula is C18H18FN3O4. The molecule has 3 aliphatic rings. The Hall–Kier alpha value is -2.61. The smallest absolute Gasteiger partial charge is 0.341 e. The number of aromatic carboxylic acids is 1. The van der Waals surface area contributed by atoms with Gasteiger partial charge in [0.25, 0.3) is 5.56 Å². The van der Waals surface area contributed by atoms with Crippen molar-refractivity contribution in [3.8, 4) is 5.75 Å². The highest BCUT2D eigenvalue weighted by atomic mass is 19.1. The zero-order chi connectivity index (χ0) is 18.4. The van der Waals surface area contributed by atoms with E-state index in [4.69, 9.17) is 10.5 Å². The zero-order valence-electron chi connectivity index (χ0n) is 14.2. The maximum absolute atomic E-state index is 15.0. The first kappa shape index (κ1) is 15.6. The number of carbonyl (C=O) groups is 1. The van der Waals surface area contributed by atoms with Crippen molar-refractivity contribution >= 4 is 22.6 Å². The molecule has 2 aromatic rings. The molecule has 0 spiro atoms. The molecule has 0 radical (unpaired) electrons. The second kappa shape index (κ2) is 4.76. The third-order valence-corrected chi connectivity index (χ3v) is 5.86. The number of nitrogens with zero attached hydrogens (tertiary/aromatic N) is 2. The summed E-state index contributed by atoms with van der Waals surface area (Å²) in [4.78, 5) is 26.0. The first-order valence-electron chi connectivity index (χ1n) is 8.62. The molecule has 2 fully saturated rings. The third-order valence-electron chi connectivity index (χ3n) is 5.86. The Morgan fingerprint density at radius 1 is 1.46 bits per heavy atom. The molecule has 1 aliphatic carbocycles. The first-order valence-corrected chi connectivity index (χ1v) is 8.62. The van der Waals surface area contributed by atoms with E-state index in [2.05, 4.69) is 0 Å². The lowest BCUT2D eigenvalue weighted by Gasteiger charge is -2.31. The van der Waals surface area contributed by atoms with Crippen LogP contribution in [0.1, 0.15) is 29.7 Å². The van der Waals surface area contributed by atoms with Crippen molar-refractivity contribution in [3.63, 3.8) is 0 Å². The molecule has 3 heterocycles. The number of anilines is 1. The average molecular weight is 359 g/mol. The number of ether oxygens (including phenoxy) is 1. The molecule has 2 aliphatic heterocycles. The molecule has 3 atom stereocenters. The largest absolute Gasteiger partial charge is 0.487 e. The van der Waals surface area contributed by atoms with E-state index in [-0.39, 0.29) is 23.8 Å². The predicted molar refractivity (Wildman–Crippen MR) is 92.6 cm³/mol. The quantitative estimate of drug-likeness (QED) is 0.840. The van der Waals surface area contributed by atoms with Crippen molar-refractivity contribution in [1.82, 2.24) is 4.57 Å². The van der Waals surface area contributed by atoms with Crippen LogP contribution < -0.4 is 20.9 Å². The molecule has 1 aromatic heterocycles. The maximum atomic E-state index is 15.0. The van der Waals surface area contributed by atoms with Crippen LogP contribution in [0.4, 0.5) is 10.1 Å². The number of pyridine rings is 1. The summed E-state index contributed by atoms with van der Waals surface area (Å²) in [6.07, 6.45) is 0.943. The van der Waals surface area contributed by atoms with Crippen molar-refractivity contribution in [2.45, 2.75) is 24.9 Å². The molecule has 8 heteroatoms. The van der Waals surface area contributed by atoms with Gasteiger partial charge in [0.1, 0.15) is 17.9 Å². The van der Waals surface area contributed by atoms with Crippen LogP contribution in [0.2, 0.25) is 0 Å². The fourth-order valence-corrected chi connectivity index (χ4v) is 4.41. The van der Waals surface area contributed by atoms with E-state index >= 15 is 0 Å². The van der Waals surface area contributed by atoms with Crippen LogP contribution in [-0.2, 0) is 0 Å². The topological polar surface area (TPSA) is 97.8 Å². The van der Waals surface area contributed by atoms with Crippen LogP contribution in [0.15, 0.2) is 16.9 Å². The van der Waals surface area contributed by atoms with Gasteiger partial charge in [-0.1, -0.05) is 0 Å². The molecule has 2 unspecified atom stereocenters. The van der Waals surface area contributed by atoms with Gasteiger partial charge in [0.2, 0.25) is 0 Å². The highest BCUT2D eigenvalue weighted by Gasteiger charge is 2.58. The van der Waals surface area contributed by atoms with Gasteiger partial charge < -0.3 is 20.5 Å². The third kappa shape index (κ3) is 1.90. The number of nitrogens with two attached hydrogens (primary N) is 1. The van der Waals surface area contributed by atoms with E-state index < -0.39 is 17.3 Å². The molecule has 0 amide bonds. The Morgan fingerprint density at radius 3 is 2.88 bits per heavy atom. The van der Waals surface area contributed by atoms with Crippen molar-refractivity contribution in [1.29, 1.82) is 0 Å². The molecule has 5 rings (SSSR count). The van der Waals surface area contributed by atoms with Crippen molar-refractivity contribution in [3.05, 3.63) is 33.9 Å². The summed E-state index contributed by atoms with van der Waals surface area (Å²) in [5.74, 6) is -1.16. The molecule has 26 heavy (non-hydrogen) atoms. The minimum absolute atomic E-state index is 0.173. The van der Waals surface area contributed by atoms with Crippen LogP contribution in [0, 0.1) is 11.7 Å². The fraction of sp³-hybridized carbons (Fsp3) is 0.444. The van der Waals surface area contributed by atoms with Crippen LogP contribution in [0.5, 0.6) is 5.75 Å². The van der Waals surface area contributed by atoms with Crippen LogP contribution in [-0.4, -0.2) is 40.9 Å². The molecule has 3 N–H and O–H groups in total. The molecule has 1 saturated carbocycles. The van der Waals surface area contributed by atoms with E-state index in [1.165, 1.54) is 16.7 Å². The normalized spacial score (nSPS) is 28.8. The van der Waals surface area contributed by atoms with Crippen LogP contribution >= 0.6 is 0 Å². The lowest BCUT2D eigenvalue weighted by Crippen LogP contribution is -2.36. The van der Waals surface area contributed by atoms with Gasteiger partial charge in [-0.25, -0.2) is 9.18 Å². The Balaban J connectivity index is 1.80. The summed E-state index contributed by atoms with van der Waals surface area (Å²) in [6, 6.07) is 2.16. The monoisotopic (exact) mass is 359 g/mol. The lowest BCUT2D eigenvalue weighted by atomic mass is 10.1. The Morgan fingerprint density at radius 2 is 2.23 bits per heavy atom. The number of halogens is 1. The number of hydrogen-bond acceptors (Lipinski definition) is 5. The van der Waals surface area contributed by atoms with Crippen molar-refractivity contribution < 1.29 is 19.0 Å². The standard InChI is InChI=1S/C18H18FN3O4/c1-8-6-26-15-13-9(2-11(17(24)25)16(23)22(8)13)3-12(19)14(15)21-5-10-4-18(10,20)7-21/h2-3,8,10H,4-7,20H2,1H3,(H,24,25)/t8-,10?,18?/m0/s1. The number of benzene rings is 1. The number of piperidine rings is 1. The zero-order valence-corrected chi connectivity index (χ0v) is 14.2. The summed E-state index contributed by atoms with van der Waals surface area (Å²) in [5, 5.41) is 9.66. The predicted octanol–water partition coefficient (Wildman–Crippen LogP) is 1.33. The number of carboxylic acid groups (broad SMARTS) is 1.